The van der Waals surface area contributed by atoms with Crippen LogP contribution in [-0.4, -0.2) is 33.4 Å². The molecule has 1 aromatic rings. The monoisotopic (exact) mass is 335 g/mol. The zero-order valence-corrected chi connectivity index (χ0v) is 13.4. The fourth-order valence-corrected chi connectivity index (χ4v) is 4.62. The van der Waals surface area contributed by atoms with Crippen molar-refractivity contribution in [2.24, 2.45) is 5.92 Å². The Kier molecular flexibility index (Phi) is 5.60. The van der Waals surface area contributed by atoms with Crippen molar-refractivity contribution in [2.75, 3.05) is 19.8 Å². The van der Waals surface area contributed by atoms with Gasteiger partial charge < -0.3 is 4.74 Å². The first-order valence-electron chi connectivity index (χ1n) is 6.94. The first-order chi connectivity index (χ1) is 9.95. The molecule has 1 aliphatic rings. The molecular weight excluding hydrogens is 317 g/mol. The van der Waals surface area contributed by atoms with Crippen molar-refractivity contribution >= 4 is 21.6 Å². The lowest BCUT2D eigenvalue weighted by molar-refractivity contribution is 0.0567. The van der Waals surface area contributed by atoms with Gasteiger partial charge in [-0.25, -0.2) is 17.5 Å². The van der Waals surface area contributed by atoms with Crippen LogP contribution < -0.4 is 4.72 Å². The number of benzene rings is 1. The van der Waals surface area contributed by atoms with Gasteiger partial charge in [-0.3, -0.25) is 0 Å². The van der Waals surface area contributed by atoms with Crippen molar-refractivity contribution in [3.8, 4) is 0 Å². The molecule has 0 saturated carbocycles. The van der Waals surface area contributed by atoms with E-state index in [4.69, 9.17) is 16.3 Å². The lowest BCUT2D eigenvalue weighted by Gasteiger charge is -2.31. The van der Waals surface area contributed by atoms with Gasteiger partial charge in [-0.2, -0.15) is 0 Å². The van der Waals surface area contributed by atoms with E-state index in [1.807, 2.05) is 0 Å². The lowest BCUT2D eigenvalue weighted by atomic mass is 9.93. The quantitative estimate of drug-likeness (QED) is 0.898. The van der Waals surface area contributed by atoms with Gasteiger partial charge in [0.15, 0.2) is 0 Å². The third-order valence-corrected chi connectivity index (χ3v) is 6.14. The molecule has 118 valence electrons. The Morgan fingerprint density at radius 3 is 2.90 bits per heavy atom. The number of rotatable bonds is 5. The van der Waals surface area contributed by atoms with Gasteiger partial charge in [-0.05, 0) is 25.0 Å². The van der Waals surface area contributed by atoms with Crippen LogP contribution in [0.1, 0.15) is 18.9 Å². The molecule has 21 heavy (non-hydrogen) atoms. The van der Waals surface area contributed by atoms with Crippen LogP contribution in [0.4, 0.5) is 4.39 Å². The van der Waals surface area contributed by atoms with E-state index in [9.17, 15) is 12.8 Å². The molecule has 1 aliphatic heterocycles. The van der Waals surface area contributed by atoms with Crippen LogP contribution in [0.5, 0.6) is 0 Å². The normalized spacial score (nSPS) is 23.2. The van der Waals surface area contributed by atoms with Crippen LogP contribution in [0, 0.1) is 11.7 Å². The molecule has 0 spiro atoms. The Bertz CT molecular complexity index is 574. The van der Waals surface area contributed by atoms with Crippen molar-refractivity contribution < 1.29 is 17.5 Å². The summed E-state index contributed by atoms with van der Waals surface area (Å²) in [5.41, 5.74) is 0.353. The molecule has 4 nitrogen and oxygen atoms in total. The van der Waals surface area contributed by atoms with Gasteiger partial charge in [-0.15, -0.1) is 0 Å². The summed E-state index contributed by atoms with van der Waals surface area (Å²) in [5, 5.41) is -0.262. The topological polar surface area (TPSA) is 55.4 Å². The summed E-state index contributed by atoms with van der Waals surface area (Å²) in [4.78, 5) is 0. The molecule has 0 aromatic heterocycles. The molecular formula is C14H19ClFNO3S. The standard InChI is InChI=1S/C14H19ClFNO3S/c1-2-17-21(18,19)14-6-7-20-9-10(14)8-11-12(15)4-3-5-13(11)16/h3-5,10,14,17H,2,6-9H2,1H3/t10-,14+/m0/s1. The summed E-state index contributed by atoms with van der Waals surface area (Å²) in [6, 6.07) is 4.47. The van der Waals surface area contributed by atoms with Crippen molar-refractivity contribution in [1.82, 2.24) is 4.72 Å². The maximum absolute atomic E-state index is 13.9. The van der Waals surface area contributed by atoms with Gasteiger partial charge in [0.05, 0.1) is 11.9 Å². The second-order valence-corrected chi connectivity index (χ2v) is 7.50. The first-order valence-corrected chi connectivity index (χ1v) is 8.87. The minimum Gasteiger partial charge on any atom is -0.381 e. The smallest absolute Gasteiger partial charge is 0.214 e. The third-order valence-electron chi connectivity index (χ3n) is 3.68. The van der Waals surface area contributed by atoms with Gasteiger partial charge >= 0.3 is 0 Å². The molecule has 0 radical (unpaired) electrons. The third kappa shape index (κ3) is 3.94. The summed E-state index contributed by atoms with van der Waals surface area (Å²) in [6.07, 6.45) is 0.660. The Labute approximate surface area is 129 Å². The molecule has 0 unspecified atom stereocenters. The van der Waals surface area contributed by atoms with Gasteiger partial charge in [-0.1, -0.05) is 24.6 Å². The van der Waals surface area contributed by atoms with E-state index >= 15 is 0 Å². The van der Waals surface area contributed by atoms with E-state index in [1.54, 1.807) is 13.0 Å². The molecule has 1 saturated heterocycles. The number of sulfonamides is 1. The molecule has 0 aliphatic carbocycles. The lowest BCUT2D eigenvalue weighted by Crippen LogP contribution is -2.44. The van der Waals surface area contributed by atoms with Crippen LogP contribution in [-0.2, 0) is 21.2 Å². The van der Waals surface area contributed by atoms with E-state index in [0.717, 1.165) is 0 Å². The van der Waals surface area contributed by atoms with Gasteiger partial charge in [0, 0.05) is 29.7 Å². The maximum Gasteiger partial charge on any atom is 0.214 e. The maximum atomic E-state index is 13.9. The van der Waals surface area contributed by atoms with E-state index in [-0.39, 0.29) is 12.3 Å². The predicted octanol–water partition coefficient (Wildman–Crippen LogP) is 2.37. The number of halogens is 2. The van der Waals surface area contributed by atoms with Gasteiger partial charge in [0.1, 0.15) is 5.82 Å². The van der Waals surface area contributed by atoms with Crippen LogP contribution in [0.25, 0.3) is 0 Å². The molecule has 0 bridgehead atoms. The zero-order chi connectivity index (χ0) is 15.5. The Hall–Kier alpha value is -0.690. The minimum atomic E-state index is -3.42. The summed E-state index contributed by atoms with van der Waals surface area (Å²) >= 11 is 6.03. The second kappa shape index (κ2) is 7.05. The summed E-state index contributed by atoms with van der Waals surface area (Å²) in [6.45, 7) is 2.77. The van der Waals surface area contributed by atoms with Gasteiger partial charge in [0.2, 0.25) is 10.0 Å². The van der Waals surface area contributed by atoms with Crippen LogP contribution in [0.2, 0.25) is 5.02 Å². The number of hydrogen-bond donors (Lipinski definition) is 1. The molecule has 7 heteroatoms. The van der Waals surface area contributed by atoms with Crippen molar-refractivity contribution in [2.45, 2.75) is 25.0 Å². The SMILES string of the molecule is CCNS(=O)(=O)[C@@H]1CCOC[C@@H]1Cc1c(F)cccc1Cl. The highest BCUT2D eigenvalue weighted by molar-refractivity contribution is 7.90. The molecule has 1 N–H and O–H groups in total. The Balaban J connectivity index is 2.24. The number of nitrogens with one attached hydrogen (secondary N) is 1. The summed E-state index contributed by atoms with van der Waals surface area (Å²) in [7, 11) is -3.42. The highest BCUT2D eigenvalue weighted by atomic mass is 35.5. The van der Waals surface area contributed by atoms with E-state index in [0.29, 0.717) is 36.8 Å². The Morgan fingerprint density at radius 1 is 1.48 bits per heavy atom. The summed E-state index contributed by atoms with van der Waals surface area (Å²) in [5.74, 6) is -0.718. The van der Waals surface area contributed by atoms with Crippen molar-refractivity contribution in [1.29, 1.82) is 0 Å². The van der Waals surface area contributed by atoms with E-state index < -0.39 is 21.1 Å². The number of ether oxygens (including phenoxy) is 1. The van der Waals surface area contributed by atoms with Gasteiger partial charge in [0.25, 0.3) is 0 Å². The van der Waals surface area contributed by atoms with Crippen LogP contribution in [0.15, 0.2) is 18.2 Å². The molecule has 1 heterocycles. The van der Waals surface area contributed by atoms with Crippen molar-refractivity contribution in [3.05, 3.63) is 34.6 Å². The first kappa shape index (κ1) is 16.7. The fourth-order valence-electron chi connectivity index (χ4n) is 2.67. The van der Waals surface area contributed by atoms with Crippen LogP contribution >= 0.6 is 11.6 Å². The predicted molar refractivity (Wildman–Crippen MR) is 80.4 cm³/mol. The van der Waals surface area contributed by atoms with Crippen LogP contribution in [0.3, 0.4) is 0 Å². The highest BCUT2D eigenvalue weighted by Crippen LogP contribution is 2.29. The largest absolute Gasteiger partial charge is 0.381 e. The zero-order valence-electron chi connectivity index (χ0n) is 11.8. The fraction of sp³-hybridized carbons (Fsp3) is 0.571. The highest BCUT2D eigenvalue weighted by Gasteiger charge is 2.36. The van der Waals surface area contributed by atoms with E-state index in [2.05, 4.69) is 4.72 Å². The Morgan fingerprint density at radius 2 is 2.24 bits per heavy atom. The molecule has 1 fully saturated rings. The average molecular weight is 336 g/mol. The summed E-state index contributed by atoms with van der Waals surface area (Å²) < 4.78 is 46.3. The molecule has 2 atom stereocenters. The molecule has 1 aromatic carbocycles. The average Bonchev–Trinajstić information content (AvgIpc) is 2.43. The second-order valence-electron chi connectivity index (χ2n) is 5.11. The molecule has 2 rings (SSSR count). The number of hydrogen-bond acceptors (Lipinski definition) is 3. The minimum absolute atomic E-state index is 0.251. The van der Waals surface area contributed by atoms with Crippen molar-refractivity contribution in [3.63, 3.8) is 0 Å². The van der Waals surface area contributed by atoms with E-state index in [1.165, 1.54) is 12.1 Å². The molecule has 0 amide bonds.